The van der Waals surface area contributed by atoms with Crippen LogP contribution in [0.15, 0.2) is 85.2 Å². The van der Waals surface area contributed by atoms with Gasteiger partial charge in [-0.2, -0.15) is 0 Å². The van der Waals surface area contributed by atoms with Gasteiger partial charge in [-0.25, -0.2) is 9.78 Å². The largest absolute Gasteiger partial charge is 0.477 e. The first-order valence-electron chi connectivity index (χ1n) is 9.94. The molecule has 0 aliphatic heterocycles. The van der Waals surface area contributed by atoms with Crippen molar-refractivity contribution in [2.45, 2.75) is 13.8 Å². The Balaban J connectivity index is 0.000000246. The average Bonchev–Trinajstić information content (AvgIpc) is 2.79. The van der Waals surface area contributed by atoms with Crippen LogP contribution in [-0.2, 0) is 20.1 Å². The van der Waals surface area contributed by atoms with Crippen molar-refractivity contribution in [3.63, 3.8) is 0 Å². The van der Waals surface area contributed by atoms with Gasteiger partial charge in [0.1, 0.15) is 5.69 Å². The summed E-state index contributed by atoms with van der Waals surface area (Å²) >= 11 is 0. The number of benzene rings is 3. The Kier molecular flexibility index (Phi) is 7.47. The molecule has 5 aromatic rings. The zero-order valence-electron chi connectivity index (χ0n) is 17.7. The van der Waals surface area contributed by atoms with Crippen molar-refractivity contribution < 1.29 is 30.0 Å². The molecule has 1 radical (unpaired) electrons. The Morgan fingerprint density at radius 3 is 2.28 bits per heavy atom. The molecule has 0 amide bonds. The maximum atomic E-state index is 10.1. The van der Waals surface area contributed by atoms with Gasteiger partial charge < -0.3 is 10.1 Å². The number of hydrogen-bond donors (Lipinski definition) is 1. The number of nitrogens with zero attached hydrogens (tertiary/aromatic N) is 2. The summed E-state index contributed by atoms with van der Waals surface area (Å²) in [5.41, 5.74) is 4.55. The Hall–Kier alpha value is -3.40. The number of carbonyl (C=O) groups is 1. The van der Waals surface area contributed by atoms with Crippen LogP contribution in [0.4, 0.5) is 0 Å². The maximum absolute atomic E-state index is 10.1. The predicted molar refractivity (Wildman–Crippen MR) is 124 cm³/mol. The van der Waals surface area contributed by atoms with Crippen LogP contribution in [0.5, 0.6) is 0 Å². The van der Waals surface area contributed by atoms with Gasteiger partial charge in [-0.05, 0) is 45.4 Å². The van der Waals surface area contributed by atoms with E-state index in [1.807, 2.05) is 6.20 Å². The second-order valence-corrected chi connectivity index (χ2v) is 7.32. The second kappa shape index (κ2) is 10.3. The standard InChI is InChI=1S/C21H16N.C6H5NO2.Ir/c1-14-11-15(2)13-17(12-14)21-20-8-7-16-5-3-4-6-18(16)19(20)9-10-22-21;8-6(9)5-3-1-2-4-7-5;/h3-12H,1-2H3;1-4H,(H,8,9);/q-1;;. The van der Waals surface area contributed by atoms with Gasteiger partial charge in [0.15, 0.2) is 0 Å². The second-order valence-electron chi connectivity index (χ2n) is 7.32. The summed E-state index contributed by atoms with van der Waals surface area (Å²) in [5.74, 6) is -0.990. The van der Waals surface area contributed by atoms with Crippen LogP contribution >= 0.6 is 0 Å². The normalized spacial score (nSPS) is 10.2. The number of carboxylic acids is 1. The van der Waals surface area contributed by atoms with Gasteiger partial charge in [-0.1, -0.05) is 56.3 Å². The molecule has 1 N–H and O–H groups in total. The van der Waals surface area contributed by atoms with E-state index >= 15 is 0 Å². The van der Waals surface area contributed by atoms with Crippen molar-refractivity contribution in [3.8, 4) is 11.3 Å². The number of pyridine rings is 2. The molecule has 0 atom stereocenters. The van der Waals surface area contributed by atoms with Crippen LogP contribution < -0.4 is 0 Å². The molecule has 0 saturated heterocycles. The molecular formula is C27H21IrN2O2-. The number of rotatable bonds is 2. The molecule has 0 aliphatic carbocycles. The molecule has 3 aromatic carbocycles. The third-order valence-electron chi connectivity index (χ3n) is 4.96. The fourth-order valence-electron chi connectivity index (χ4n) is 3.66. The molecule has 4 nitrogen and oxygen atoms in total. The first-order chi connectivity index (χ1) is 15.0. The number of aromatic carboxylic acids is 1. The topological polar surface area (TPSA) is 63.1 Å². The van der Waals surface area contributed by atoms with Gasteiger partial charge in [-0.3, -0.25) is 0 Å². The zero-order chi connectivity index (χ0) is 21.8. The van der Waals surface area contributed by atoms with Crippen LogP contribution in [0.25, 0.3) is 32.8 Å². The third-order valence-corrected chi connectivity index (χ3v) is 4.96. The van der Waals surface area contributed by atoms with Crippen LogP contribution in [0.1, 0.15) is 21.6 Å². The molecule has 32 heavy (non-hydrogen) atoms. The van der Waals surface area contributed by atoms with Crippen molar-refractivity contribution in [1.82, 2.24) is 9.97 Å². The molecule has 0 aliphatic rings. The first kappa shape index (κ1) is 23.3. The quantitative estimate of drug-likeness (QED) is 0.193. The Morgan fingerprint density at radius 1 is 0.812 bits per heavy atom. The summed E-state index contributed by atoms with van der Waals surface area (Å²) in [6.07, 6.45) is 3.35. The SMILES string of the molecule is Cc1[c-]c(-c2nccc3c2ccc2ccccc23)cc(C)c1.O=C(O)c1ccccn1.[Ir]. The van der Waals surface area contributed by atoms with Gasteiger partial charge in [-0.15, -0.1) is 34.9 Å². The Bertz CT molecular complexity index is 1360. The van der Waals surface area contributed by atoms with E-state index in [0.717, 1.165) is 16.8 Å². The van der Waals surface area contributed by atoms with E-state index in [4.69, 9.17) is 5.11 Å². The van der Waals surface area contributed by atoms with Crippen LogP contribution in [0.3, 0.4) is 0 Å². The Labute approximate surface area is 200 Å². The van der Waals surface area contributed by atoms with Crippen LogP contribution in [0.2, 0.25) is 0 Å². The summed E-state index contributed by atoms with van der Waals surface area (Å²) < 4.78 is 0. The summed E-state index contributed by atoms with van der Waals surface area (Å²) in [7, 11) is 0. The Morgan fingerprint density at radius 2 is 1.59 bits per heavy atom. The molecule has 0 unspecified atom stereocenters. The van der Waals surface area contributed by atoms with Crippen molar-refractivity contribution >= 4 is 27.5 Å². The molecule has 2 aromatic heterocycles. The number of fused-ring (bicyclic) bond motifs is 3. The number of hydrogen-bond acceptors (Lipinski definition) is 3. The summed E-state index contributed by atoms with van der Waals surface area (Å²) in [5, 5.41) is 13.3. The van der Waals surface area contributed by atoms with E-state index in [9.17, 15) is 4.79 Å². The van der Waals surface area contributed by atoms with Crippen LogP contribution in [0, 0.1) is 19.9 Å². The van der Waals surface area contributed by atoms with Crippen molar-refractivity contribution in [2.75, 3.05) is 0 Å². The molecule has 0 spiro atoms. The minimum atomic E-state index is -0.990. The molecule has 0 fully saturated rings. The summed E-state index contributed by atoms with van der Waals surface area (Å²) in [6, 6.07) is 27.4. The van der Waals surface area contributed by atoms with Crippen molar-refractivity contribution in [2.24, 2.45) is 0 Å². The van der Waals surface area contributed by atoms with Crippen molar-refractivity contribution in [1.29, 1.82) is 0 Å². The molecule has 0 bridgehead atoms. The van der Waals surface area contributed by atoms with Crippen LogP contribution in [-0.4, -0.2) is 21.0 Å². The summed E-state index contributed by atoms with van der Waals surface area (Å²) in [4.78, 5) is 18.4. The molecule has 161 valence electrons. The maximum Gasteiger partial charge on any atom is 0.354 e. The third kappa shape index (κ3) is 5.08. The molecule has 0 saturated carbocycles. The first-order valence-corrected chi connectivity index (χ1v) is 9.94. The molecule has 5 rings (SSSR count). The average molecular weight is 598 g/mol. The van der Waals surface area contributed by atoms with E-state index in [-0.39, 0.29) is 25.8 Å². The predicted octanol–water partition coefficient (Wildman–Crippen LogP) is 6.25. The number of aryl methyl sites for hydroxylation is 2. The minimum absolute atomic E-state index is 0. The molecule has 2 heterocycles. The monoisotopic (exact) mass is 598 g/mol. The van der Waals surface area contributed by atoms with Gasteiger partial charge in [0.2, 0.25) is 0 Å². The number of carboxylic acid groups (broad SMARTS) is 1. The fourth-order valence-corrected chi connectivity index (χ4v) is 3.66. The zero-order valence-corrected chi connectivity index (χ0v) is 20.1. The van der Waals surface area contributed by atoms with E-state index in [1.54, 1.807) is 12.1 Å². The van der Waals surface area contributed by atoms with Gasteiger partial charge >= 0.3 is 5.97 Å². The molecular weight excluding hydrogens is 577 g/mol. The minimum Gasteiger partial charge on any atom is -0.477 e. The smallest absolute Gasteiger partial charge is 0.354 e. The van der Waals surface area contributed by atoms with Gasteiger partial charge in [0.25, 0.3) is 0 Å². The van der Waals surface area contributed by atoms with Gasteiger partial charge in [0, 0.05) is 32.5 Å². The van der Waals surface area contributed by atoms with Crippen molar-refractivity contribution in [3.05, 3.63) is 108 Å². The summed E-state index contributed by atoms with van der Waals surface area (Å²) in [6.45, 7) is 4.20. The fraction of sp³-hybridized carbons (Fsp3) is 0.0741. The van der Waals surface area contributed by atoms with E-state index < -0.39 is 5.97 Å². The van der Waals surface area contributed by atoms with Gasteiger partial charge in [0.05, 0.1) is 0 Å². The van der Waals surface area contributed by atoms with E-state index in [1.165, 1.54) is 39.4 Å². The molecule has 5 heteroatoms. The van der Waals surface area contributed by atoms with E-state index in [2.05, 4.69) is 84.5 Å². The number of aromatic nitrogens is 2. The van der Waals surface area contributed by atoms with E-state index in [0.29, 0.717) is 0 Å².